The first kappa shape index (κ1) is 12.0. The topological polar surface area (TPSA) is 54.9 Å². The summed E-state index contributed by atoms with van der Waals surface area (Å²) in [7, 11) is 0. The molecule has 1 N–H and O–H groups in total. The summed E-state index contributed by atoms with van der Waals surface area (Å²) in [6, 6.07) is 0.0446. The van der Waals surface area contributed by atoms with Gasteiger partial charge >= 0.3 is 0 Å². The first-order valence-corrected chi connectivity index (χ1v) is 6.74. The van der Waals surface area contributed by atoms with Crippen LogP contribution in [0, 0.1) is 5.41 Å². The minimum Gasteiger partial charge on any atom is -0.348 e. The lowest BCUT2D eigenvalue weighted by Gasteiger charge is -2.29. The Hall–Kier alpha value is -1.11. The van der Waals surface area contributed by atoms with Crippen LogP contribution in [0.2, 0.25) is 0 Å². The molecule has 4 nitrogen and oxygen atoms in total. The Morgan fingerprint density at radius 2 is 2.11 bits per heavy atom. The van der Waals surface area contributed by atoms with Gasteiger partial charge in [-0.25, -0.2) is 8.78 Å². The third-order valence-corrected chi connectivity index (χ3v) is 4.72. The van der Waals surface area contributed by atoms with E-state index in [0.717, 1.165) is 18.0 Å². The Bertz CT molecular complexity index is 453. The van der Waals surface area contributed by atoms with E-state index >= 15 is 0 Å². The zero-order chi connectivity index (χ0) is 12.8. The van der Waals surface area contributed by atoms with Gasteiger partial charge in [-0.05, 0) is 36.2 Å². The molecular formula is C11H13F2N3OS. The van der Waals surface area contributed by atoms with Gasteiger partial charge in [-0.1, -0.05) is 4.49 Å². The number of aromatic nitrogens is 2. The molecule has 1 aromatic heterocycles. The molecule has 1 spiro atoms. The summed E-state index contributed by atoms with van der Waals surface area (Å²) in [4.78, 5) is 12.3. The van der Waals surface area contributed by atoms with Crippen molar-refractivity contribution in [2.75, 3.05) is 0 Å². The third-order valence-electron chi connectivity index (χ3n) is 4.06. The predicted octanol–water partition coefficient (Wildman–Crippen LogP) is 2.24. The number of carbonyl (C=O) groups excluding carboxylic acids is 1. The van der Waals surface area contributed by atoms with Crippen molar-refractivity contribution in [3.8, 4) is 0 Å². The first-order valence-electron chi connectivity index (χ1n) is 5.97. The summed E-state index contributed by atoms with van der Waals surface area (Å²) >= 11 is 1.04. The molecule has 98 valence electrons. The molecule has 2 fully saturated rings. The summed E-state index contributed by atoms with van der Waals surface area (Å²) in [6.07, 6.45) is 3.14. The van der Waals surface area contributed by atoms with Gasteiger partial charge in [-0.3, -0.25) is 4.79 Å². The maximum absolute atomic E-state index is 13.1. The second-order valence-electron chi connectivity index (χ2n) is 5.23. The highest BCUT2D eigenvalue weighted by molar-refractivity contribution is 7.07. The van der Waals surface area contributed by atoms with Gasteiger partial charge in [0.25, 0.3) is 5.91 Å². The lowest BCUT2D eigenvalue weighted by atomic mass is 9.83. The highest BCUT2D eigenvalue weighted by Crippen LogP contribution is 2.58. The summed E-state index contributed by atoms with van der Waals surface area (Å²) in [5.74, 6) is -2.70. The van der Waals surface area contributed by atoms with Crippen LogP contribution in [-0.4, -0.2) is 27.5 Å². The van der Waals surface area contributed by atoms with E-state index in [9.17, 15) is 13.6 Å². The Morgan fingerprint density at radius 3 is 2.72 bits per heavy atom. The van der Waals surface area contributed by atoms with Crippen molar-refractivity contribution in [2.45, 2.75) is 44.1 Å². The van der Waals surface area contributed by atoms with Crippen LogP contribution in [0.25, 0.3) is 0 Å². The second kappa shape index (κ2) is 3.94. The molecule has 7 heteroatoms. The van der Waals surface area contributed by atoms with Crippen LogP contribution < -0.4 is 5.32 Å². The molecule has 0 aromatic carbocycles. The number of halogens is 2. The molecule has 18 heavy (non-hydrogen) atoms. The van der Waals surface area contributed by atoms with Gasteiger partial charge in [0.2, 0.25) is 5.92 Å². The summed E-state index contributed by atoms with van der Waals surface area (Å²) < 4.78 is 29.8. The molecule has 3 rings (SSSR count). The monoisotopic (exact) mass is 273 g/mol. The van der Waals surface area contributed by atoms with Crippen LogP contribution in [0.4, 0.5) is 8.78 Å². The van der Waals surface area contributed by atoms with E-state index in [-0.39, 0.29) is 30.2 Å². The largest absolute Gasteiger partial charge is 0.348 e. The van der Waals surface area contributed by atoms with Crippen LogP contribution >= 0.6 is 11.5 Å². The van der Waals surface area contributed by atoms with E-state index in [1.165, 1.54) is 6.20 Å². The molecule has 1 unspecified atom stereocenters. The van der Waals surface area contributed by atoms with E-state index in [1.807, 2.05) is 0 Å². The molecular weight excluding hydrogens is 260 g/mol. The lowest BCUT2D eigenvalue weighted by molar-refractivity contribution is -0.0506. The molecule has 1 heterocycles. The van der Waals surface area contributed by atoms with E-state index in [2.05, 4.69) is 14.9 Å². The number of hydrogen-bond acceptors (Lipinski definition) is 4. The van der Waals surface area contributed by atoms with Gasteiger partial charge in [0.1, 0.15) is 4.88 Å². The fourth-order valence-corrected chi connectivity index (χ4v) is 3.13. The molecule has 2 aliphatic carbocycles. The highest BCUT2D eigenvalue weighted by Gasteiger charge is 2.58. The Kier molecular flexibility index (Phi) is 2.62. The van der Waals surface area contributed by atoms with Crippen molar-refractivity contribution in [1.29, 1.82) is 0 Å². The second-order valence-corrected chi connectivity index (χ2v) is 6.02. The summed E-state index contributed by atoms with van der Waals surface area (Å²) in [5, 5.41) is 6.49. The smallest absolute Gasteiger partial charge is 0.264 e. The summed E-state index contributed by atoms with van der Waals surface area (Å²) in [6.45, 7) is 0. The molecule has 0 aliphatic heterocycles. The highest BCUT2D eigenvalue weighted by atomic mass is 32.1. The van der Waals surface area contributed by atoms with Gasteiger partial charge in [-0.2, -0.15) is 0 Å². The molecule has 0 bridgehead atoms. The molecule has 0 saturated heterocycles. The number of rotatable bonds is 2. The molecule has 1 aromatic rings. The Morgan fingerprint density at radius 1 is 1.39 bits per heavy atom. The van der Waals surface area contributed by atoms with Crippen LogP contribution in [0.15, 0.2) is 6.20 Å². The Labute approximate surface area is 107 Å². The number of carbonyl (C=O) groups is 1. The predicted molar refractivity (Wildman–Crippen MR) is 61.6 cm³/mol. The van der Waals surface area contributed by atoms with E-state index in [1.54, 1.807) is 0 Å². The van der Waals surface area contributed by atoms with Crippen molar-refractivity contribution in [3.05, 3.63) is 11.1 Å². The van der Waals surface area contributed by atoms with Crippen LogP contribution in [-0.2, 0) is 0 Å². The van der Waals surface area contributed by atoms with Gasteiger partial charge in [0, 0.05) is 18.9 Å². The van der Waals surface area contributed by atoms with Crippen LogP contribution in [0.3, 0.4) is 0 Å². The number of hydrogen-bond donors (Lipinski definition) is 1. The quantitative estimate of drug-likeness (QED) is 0.899. The number of nitrogens with zero attached hydrogens (tertiary/aromatic N) is 2. The average molecular weight is 273 g/mol. The zero-order valence-corrected chi connectivity index (χ0v) is 10.5. The van der Waals surface area contributed by atoms with Crippen LogP contribution in [0.1, 0.15) is 41.8 Å². The zero-order valence-electron chi connectivity index (χ0n) is 9.66. The number of nitrogens with one attached hydrogen (secondary N) is 1. The SMILES string of the molecule is O=C(NC1CC12CCC(F)(F)CC2)c1cnns1. The van der Waals surface area contributed by atoms with E-state index in [0.29, 0.717) is 17.7 Å². The standard InChI is InChI=1S/C11H13F2N3OS/c12-11(13)3-1-10(2-4-11)5-8(10)15-9(17)7-6-14-16-18-7/h6,8H,1-5H2,(H,15,17). The van der Waals surface area contributed by atoms with Crippen LogP contribution in [0.5, 0.6) is 0 Å². The van der Waals surface area contributed by atoms with Crippen molar-refractivity contribution < 1.29 is 13.6 Å². The van der Waals surface area contributed by atoms with Crippen molar-refractivity contribution in [2.24, 2.45) is 5.41 Å². The normalized spacial score (nSPS) is 28.0. The fourth-order valence-electron chi connectivity index (χ4n) is 2.71. The summed E-state index contributed by atoms with van der Waals surface area (Å²) in [5.41, 5.74) is -0.0740. The van der Waals surface area contributed by atoms with Crippen molar-refractivity contribution in [1.82, 2.24) is 14.9 Å². The van der Waals surface area contributed by atoms with Gasteiger partial charge in [0.05, 0.1) is 6.20 Å². The molecule has 2 saturated carbocycles. The van der Waals surface area contributed by atoms with Gasteiger partial charge in [0.15, 0.2) is 0 Å². The minimum absolute atomic E-state index is 0.0446. The third kappa shape index (κ3) is 2.11. The number of alkyl halides is 2. The Balaban J connectivity index is 1.57. The maximum atomic E-state index is 13.1. The average Bonchev–Trinajstić information content (AvgIpc) is 2.78. The van der Waals surface area contributed by atoms with E-state index < -0.39 is 5.92 Å². The fraction of sp³-hybridized carbons (Fsp3) is 0.727. The van der Waals surface area contributed by atoms with Gasteiger partial charge in [-0.15, -0.1) is 5.10 Å². The lowest BCUT2D eigenvalue weighted by Crippen LogP contribution is -2.33. The minimum atomic E-state index is -2.51. The molecule has 2 aliphatic rings. The molecule has 1 atom stereocenters. The van der Waals surface area contributed by atoms with E-state index in [4.69, 9.17) is 0 Å². The molecule has 1 amide bonds. The number of amides is 1. The maximum Gasteiger partial charge on any atom is 0.264 e. The molecule has 0 radical (unpaired) electrons. The van der Waals surface area contributed by atoms with Crippen molar-refractivity contribution in [3.63, 3.8) is 0 Å². The van der Waals surface area contributed by atoms with Gasteiger partial charge < -0.3 is 5.32 Å². The first-order chi connectivity index (χ1) is 8.51. The van der Waals surface area contributed by atoms with Crippen molar-refractivity contribution >= 4 is 17.4 Å².